The lowest BCUT2D eigenvalue weighted by atomic mass is 10.1. The van der Waals surface area contributed by atoms with Crippen molar-refractivity contribution in [2.45, 2.75) is 20.3 Å². The Morgan fingerprint density at radius 3 is 2.04 bits per heavy atom. The average Bonchev–Trinajstić information content (AvgIpc) is 2.61. The standard InChI is InChI=1S/C17H15NO2.C3H8/c1-19-14-9-13(10-15(11-14)20-2)17-8-7-12-5-3-4-6-16(12)18-17;1-3-2/h3-11H,1-2H3;3H2,1-2H3. The van der Waals surface area contributed by atoms with Crippen molar-refractivity contribution in [2.24, 2.45) is 0 Å². The van der Waals surface area contributed by atoms with Gasteiger partial charge in [-0.25, -0.2) is 4.98 Å². The second-order valence-electron chi connectivity index (χ2n) is 5.20. The number of methoxy groups -OCH3 is 2. The zero-order chi connectivity index (χ0) is 16.7. The van der Waals surface area contributed by atoms with E-state index in [0.29, 0.717) is 0 Å². The van der Waals surface area contributed by atoms with Crippen LogP contribution in [0.3, 0.4) is 0 Å². The SMILES string of the molecule is CCC.COc1cc(OC)cc(-c2ccc3ccccc3n2)c1. The Morgan fingerprint density at radius 2 is 1.43 bits per heavy atom. The minimum Gasteiger partial charge on any atom is -0.497 e. The van der Waals surface area contributed by atoms with Crippen molar-refractivity contribution in [3.05, 3.63) is 54.6 Å². The Hall–Kier alpha value is -2.55. The Morgan fingerprint density at radius 1 is 0.826 bits per heavy atom. The lowest BCUT2D eigenvalue weighted by molar-refractivity contribution is 0.394. The number of para-hydroxylation sites is 1. The monoisotopic (exact) mass is 309 g/mol. The maximum Gasteiger partial charge on any atom is 0.123 e. The van der Waals surface area contributed by atoms with Crippen LogP contribution in [0.4, 0.5) is 0 Å². The number of benzene rings is 2. The van der Waals surface area contributed by atoms with Gasteiger partial charge in [0.2, 0.25) is 0 Å². The van der Waals surface area contributed by atoms with Crippen LogP contribution in [0.15, 0.2) is 54.6 Å². The van der Waals surface area contributed by atoms with E-state index in [0.717, 1.165) is 33.7 Å². The number of aromatic nitrogens is 1. The highest BCUT2D eigenvalue weighted by atomic mass is 16.5. The quantitative estimate of drug-likeness (QED) is 0.655. The minimum atomic E-state index is 0.759. The van der Waals surface area contributed by atoms with Gasteiger partial charge in [0.1, 0.15) is 11.5 Å². The molecule has 0 atom stereocenters. The van der Waals surface area contributed by atoms with Gasteiger partial charge in [-0.2, -0.15) is 0 Å². The van der Waals surface area contributed by atoms with Crippen LogP contribution in [0.25, 0.3) is 22.2 Å². The molecular weight excluding hydrogens is 286 g/mol. The van der Waals surface area contributed by atoms with Gasteiger partial charge in [0.05, 0.1) is 25.4 Å². The van der Waals surface area contributed by atoms with E-state index in [2.05, 4.69) is 31.0 Å². The first-order chi connectivity index (χ1) is 11.2. The van der Waals surface area contributed by atoms with Crippen LogP contribution in [-0.2, 0) is 0 Å². The highest BCUT2D eigenvalue weighted by Gasteiger charge is 2.06. The highest BCUT2D eigenvalue weighted by molar-refractivity contribution is 5.81. The molecule has 0 aliphatic rings. The van der Waals surface area contributed by atoms with Crippen molar-refractivity contribution in [1.29, 1.82) is 0 Å². The average molecular weight is 309 g/mol. The van der Waals surface area contributed by atoms with Crippen LogP contribution >= 0.6 is 0 Å². The van der Waals surface area contributed by atoms with Gasteiger partial charge in [0.15, 0.2) is 0 Å². The summed E-state index contributed by atoms with van der Waals surface area (Å²) in [6.45, 7) is 4.25. The Balaban J connectivity index is 0.000000595. The zero-order valence-corrected chi connectivity index (χ0v) is 14.2. The van der Waals surface area contributed by atoms with Crippen molar-refractivity contribution in [3.8, 4) is 22.8 Å². The van der Waals surface area contributed by atoms with Gasteiger partial charge in [0.25, 0.3) is 0 Å². The van der Waals surface area contributed by atoms with Gasteiger partial charge in [-0.1, -0.05) is 44.5 Å². The smallest absolute Gasteiger partial charge is 0.123 e. The van der Waals surface area contributed by atoms with Gasteiger partial charge in [0, 0.05) is 17.0 Å². The largest absolute Gasteiger partial charge is 0.497 e. The van der Waals surface area contributed by atoms with E-state index in [1.807, 2.05) is 42.5 Å². The predicted octanol–water partition coefficient (Wildman–Crippen LogP) is 5.34. The fraction of sp³-hybridized carbons (Fsp3) is 0.250. The molecule has 0 aliphatic carbocycles. The second kappa shape index (κ2) is 8.18. The summed E-state index contributed by atoms with van der Waals surface area (Å²) in [5.74, 6) is 1.52. The summed E-state index contributed by atoms with van der Waals surface area (Å²) in [4.78, 5) is 4.69. The third-order valence-corrected chi connectivity index (χ3v) is 3.25. The molecule has 0 saturated carbocycles. The zero-order valence-electron chi connectivity index (χ0n) is 14.2. The molecule has 0 unspecified atom stereocenters. The molecule has 1 heterocycles. The van der Waals surface area contributed by atoms with Gasteiger partial charge in [-0.05, 0) is 24.3 Å². The number of rotatable bonds is 3. The Kier molecular flexibility index (Phi) is 5.98. The van der Waals surface area contributed by atoms with Crippen LogP contribution in [0, 0.1) is 0 Å². The van der Waals surface area contributed by atoms with E-state index >= 15 is 0 Å². The van der Waals surface area contributed by atoms with Crippen molar-refractivity contribution in [1.82, 2.24) is 4.98 Å². The van der Waals surface area contributed by atoms with E-state index in [-0.39, 0.29) is 0 Å². The molecule has 0 radical (unpaired) electrons. The van der Waals surface area contributed by atoms with Crippen LogP contribution in [-0.4, -0.2) is 19.2 Å². The molecule has 120 valence electrons. The summed E-state index contributed by atoms with van der Waals surface area (Å²) >= 11 is 0. The van der Waals surface area contributed by atoms with E-state index in [1.165, 1.54) is 6.42 Å². The lowest BCUT2D eigenvalue weighted by Crippen LogP contribution is -1.90. The first-order valence-corrected chi connectivity index (χ1v) is 7.81. The van der Waals surface area contributed by atoms with Gasteiger partial charge in [-0.15, -0.1) is 0 Å². The number of hydrogen-bond acceptors (Lipinski definition) is 3. The van der Waals surface area contributed by atoms with Gasteiger partial charge < -0.3 is 9.47 Å². The van der Waals surface area contributed by atoms with E-state index in [1.54, 1.807) is 14.2 Å². The fourth-order valence-corrected chi connectivity index (χ4v) is 2.18. The van der Waals surface area contributed by atoms with E-state index < -0.39 is 0 Å². The molecular formula is C20H23NO2. The molecule has 0 spiro atoms. The normalized spacial score (nSPS) is 9.91. The summed E-state index contributed by atoms with van der Waals surface area (Å²) in [5, 5.41) is 1.13. The number of hydrogen-bond donors (Lipinski definition) is 0. The molecule has 2 aromatic carbocycles. The van der Waals surface area contributed by atoms with Crippen molar-refractivity contribution < 1.29 is 9.47 Å². The first-order valence-electron chi connectivity index (χ1n) is 7.81. The summed E-state index contributed by atoms with van der Waals surface area (Å²) in [6.07, 6.45) is 1.25. The molecule has 3 rings (SSSR count). The third kappa shape index (κ3) is 4.22. The molecule has 23 heavy (non-hydrogen) atoms. The number of pyridine rings is 1. The summed E-state index contributed by atoms with van der Waals surface area (Å²) in [5.41, 5.74) is 2.86. The summed E-state index contributed by atoms with van der Waals surface area (Å²) in [6, 6.07) is 17.9. The molecule has 0 amide bonds. The van der Waals surface area contributed by atoms with E-state index in [9.17, 15) is 0 Å². The van der Waals surface area contributed by atoms with Crippen molar-refractivity contribution >= 4 is 10.9 Å². The number of fused-ring (bicyclic) bond motifs is 1. The maximum absolute atomic E-state index is 5.30. The Bertz CT molecular complexity index is 746. The van der Waals surface area contributed by atoms with Gasteiger partial charge in [-0.3, -0.25) is 0 Å². The molecule has 0 fully saturated rings. The number of nitrogens with zero attached hydrogens (tertiary/aromatic N) is 1. The first kappa shape index (κ1) is 16.8. The summed E-state index contributed by atoms with van der Waals surface area (Å²) < 4.78 is 10.6. The molecule has 3 nitrogen and oxygen atoms in total. The number of ether oxygens (including phenoxy) is 2. The summed E-state index contributed by atoms with van der Waals surface area (Å²) in [7, 11) is 3.29. The molecule has 0 bridgehead atoms. The maximum atomic E-state index is 5.30. The Labute approximate surface area is 137 Å². The fourth-order valence-electron chi connectivity index (χ4n) is 2.18. The molecule has 1 aromatic heterocycles. The van der Waals surface area contributed by atoms with Crippen LogP contribution < -0.4 is 9.47 Å². The van der Waals surface area contributed by atoms with Crippen LogP contribution in [0.2, 0.25) is 0 Å². The van der Waals surface area contributed by atoms with Crippen LogP contribution in [0.1, 0.15) is 20.3 Å². The molecule has 3 aromatic rings. The molecule has 3 heteroatoms. The molecule has 0 aliphatic heterocycles. The third-order valence-electron chi connectivity index (χ3n) is 3.25. The minimum absolute atomic E-state index is 0.759. The van der Waals surface area contributed by atoms with Crippen molar-refractivity contribution in [3.63, 3.8) is 0 Å². The molecule has 0 saturated heterocycles. The predicted molar refractivity (Wildman–Crippen MR) is 96.2 cm³/mol. The second-order valence-corrected chi connectivity index (χ2v) is 5.20. The highest BCUT2D eigenvalue weighted by Crippen LogP contribution is 2.29. The van der Waals surface area contributed by atoms with Crippen molar-refractivity contribution in [2.75, 3.05) is 14.2 Å². The topological polar surface area (TPSA) is 31.4 Å². The van der Waals surface area contributed by atoms with Crippen LogP contribution in [0.5, 0.6) is 11.5 Å². The van der Waals surface area contributed by atoms with E-state index in [4.69, 9.17) is 9.47 Å². The molecule has 0 N–H and O–H groups in total. The lowest BCUT2D eigenvalue weighted by Gasteiger charge is -2.08. The van der Waals surface area contributed by atoms with Gasteiger partial charge >= 0.3 is 0 Å².